The van der Waals surface area contributed by atoms with E-state index in [-0.39, 0.29) is 5.91 Å². The maximum absolute atomic E-state index is 13.5. The molecule has 0 unspecified atom stereocenters. The number of morpholine rings is 1. The molecule has 5 rings (SSSR count). The molecule has 0 atom stereocenters. The van der Waals surface area contributed by atoms with Crippen LogP contribution >= 0.6 is 11.6 Å². The molecular weight excluding hydrogens is 412 g/mol. The zero-order valence-electron chi connectivity index (χ0n) is 17.5. The molecule has 1 N–H and O–H groups in total. The van der Waals surface area contributed by atoms with Gasteiger partial charge in [0.25, 0.3) is 5.91 Å². The van der Waals surface area contributed by atoms with Gasteiger partial charge in [-0.3, -0.25) is 9.69 Å². The molecule has 0 saturated carbocycles. The van der Waals surface area contributed by atoms with Gasteiger partial charge in [0, 0.05) is 79.2 Å². The quantitative estimate of drug-likeness (QED) is 0.676. The Balaban J connectivity index is 1.33. The number of hydrogen-bond acceptors (Lipinski definition) is 4. The zero-order chi connectivity index (χ0) is 21.2. The van der Waals surface area contributed by atoms with Gasteiger partial charge in [-0.05, 0) is 42.0 Å². The van der Waals surface area contributed by atoms with Crippen molar-refractivity contribution >= 4 is 34.1 Å². The first-order chi connectivity index (χ1) is 15.2. The number of anilines is 1. The highest BCUT2D eigenvalue weighted by molar-refractivity contribution is 6.30. The van der Waals surface area contributed by atoms with Crippen molar-refractivity contribution in [3.05, 3.63) is 64.8 Å². The van der Waals surface area contributed by atoms with Crippen molar-refractivity contribution in [2.24, 2.45) is 0 Å². The lowest BCUT2D eigenvalue weighted by molar-refractivity contribution is 0.0343. The van der Waals surface area contributed by atoms with Crippen LogP contribution in [0, 0.1) is 0 Å². The van der Waals surface area contributed by atoms with Gasteiger partial charge in [-0.2, -0.15) is 0 Å². The molecule has 0 radical (unpaired) electrons. The van der Waals surface area contributed by atoms with Crippen molar-refractivity contribution in [3.8, 4) is 0 Å². The molecule has 2 fully saturated rings. The molecule has 162 valence electrons. The first-order valence-electron chi connectivity index (χ1n) is 10.9. The average molecular weight is 439 g/mol. The van der Waals surface area contributed by atoms with Crippen LogP contribution in [-0.2, 0) is 11.3 Å². The van der Waals surface area contributed by atoms with E-state index >= 15 is 0 Å². The van der Waals surface area contributed by atoms with E-state index in [9.17, 15) is 4.79 Å². The van der Waals surface area contributed by atoms with Crippen LogP contribution < -0.4 is 4.90 Å². The fraction of sp³-hybridized carbons (Fsp3) is 0.375. The Morgan fingerprint density at radius 2 is 1.71 bits per heavy atom. The monoisotopic (exact) mass is 438 g/mol. The summed E-state index contributed by atoms with van der Waals surface area (Å²) in [5, 5.41) is 1.80. The Bertz CT molecular complexity index is 1050. The Labute approximate surface area is 187 Å². The molecule has 1 amide bonds. The highest BCUT2D eigenvalue weighted by Gasteiger charge is 2.25. The van der Waals surface area contributed by atoms with Crippen molar-refractivity contribution in [3.63, 3.8) is 0 Å². The minimum Gasteiger partial charge on any atom is -0.379 e. The van der Waals surface area contributed by atoms with E-state index in [1.54, 1.807) is 0 Å². The SMILES string of the molecule is O=C(c1cccc2[nH]cc(CN3CCOCC3)c12)N1CCN(c2ccc(Cl)cc2)CC1. The fourth-order valence-electron chi connectivity index (χ4n) is 4.55. The molecule has 2 aliphatic rings. The second kappa shape index (κ2) is 8.91. The standard InChI is InChI=1S/C24H27ClN4O2/c25-19-4-6-20(7-5-19)28-8-10-29(11-9-28)24(30)21-2-1-3-22-23(21)18(16-26-22)17-27-12-14-31-15-13-27/h1-7,16,26H,8-15,17H2. The molecule has 6 nitrogen and oxygen atoms in total. The summed E-state index contributed by atoms with van der Waals surface area (Å²) in [5.41, 5.74) is 4.15. The number of ether oxygens (including phenoxy) is 1. The van der Waals surface area contributed by atoms with Crippen LogP contribution in [0.5, 0.6) is 0 Å². The number of nitrogens with one attached hydrogen (secondary N) is 1. The van der Waals surface area contributed by atoms with Crippen molar-refractivity contribution in [1.82, 2.24) is 14.8 Å². The zero-order valence-corrected chi connectivity index (χ0v) is 18.3. The van der Waals surface area contributed by atoms with Gasteiger partial charge < -0.3 is 19.5 Å². The van der Waals surface area contributed by atoms with Crippen LogP contribution in [0.15, 0.2) is 48.7 Å². The number of carbonyl (C=O) groups excluding carboxylic acids is 1. The Hall–Kier alpha value is -2.54. The van der Waals surface area contributed by atoms with E-state index in [0.717, 1.165) is 73.1 Å². The van der Waals surface area contributed by atoms with Gasteiger partial charge >= 0.3 is 0 Å². The first kappa shape index (κ1) is 20.4. The summed E-state index contributed by atoms with van der Waals surface area (Å²) in [5.74, 6) is 0.115. The van der Waals surface area contributed by atoms with E-state index in [0.29, 0.717) is 13.1 Å². The molecule has 2 saturated heterocycles. The van der Waals surface area contributed by atoms with E-state index in [1.165, 1.54) is 5.56 Å². The predicted octanol–water partition coefficient (Wildman–Crippen LogP) is 3.62. The molecule has 0 bridgehead atoms. The van der Waals surface area contributed by atoms with Crippen molar-refractivity contribution in [2.75, 3.05) is 57.4 Å². The number of rotatable bonds is 4. The lowest BCUT2D eigenvalue weighted by atomic mass is 10.0. The molecule has 0 spiro atoms. The summed E-state index contributed by atoms with van der Waals surface area (Å²) < 4.78 is 5.47. The van der Waals surface area contributed by atoms with Crippen molar-refractivity contribution < 1.29 is 9.53 Å². The molecule has 3 heterocycles. The van der Waals surface area contributed by atoms with Gasteiger partial charge in [-0.1, -0.05) is 17.7 Å². The average Bonchev–Trinajstić information content (AvgIpc) is 3.23. The number of amides is 1. The van der Waals surface area contributed by atoms with Gasteiger partial charge in [0.1, 0.15) is 0 Å². The Morgan fingerprint density at radius 1 is 0.968 bits per heavy atom. The number of benzene rings is 2. The normalized spacial score (nSPS) is 18.0. The summed E-state index contributed by atoms with van der Waals surface area (Å²) >= 11 is 6.01. The molecule has 7 heteroatoms. The van der Waals surface area contributed by atoms with E-state index in [4.69, 9.17) is 16.3 Å². The third-order valence-corrected chi connectivity index (χ3v) is 6.53. The lowest BCUT2D eigenvalue weighted by Crippen LogP contribution is -2.48. The van der Waals surface area contributed by atoms with Crippen LogP contribution in [0.4, 0.5) is 5.69 Å². The molecule has 2 aromatic carbocycles. The second-order valence-corrected chi connectivity index (χ2v) is 8.62. The minimum atomic E-state index is 0.115. The van der Waals surface area contributed by atoms with Crippen LogP contribution in [0.2, 0.25) is 5.02 Å². The van der Waals surface area contributed by atoms with E-state index < -0.39 is 0 Å². The number of aromatic nitrogens is 1. The molecule has 1 aromatic heterocycles. The summed E-state index contributed by atoms with van der Waals surface area (Å²) in [6.45, 7) is 7.28. The number of nitrogens with zero attached hydrogens (tertiary/aromatic N) is 3. The summed E-state index contributed by atoms with van der Waals surface area (Å²) in [4.78, 5) is 23.5. The van der Waals surface area contributed by atoms with Gasteiger partial charge in [0.2, 0.25) is 0 Å². The molecule has 2 aliphatic heterocycles. The Morgan fingerprint density at radius 3 is 2.45 bits per heavy atom. The molecule has 3 aromatic rings. The van der Waals surface area contributed by atoms with Crippen molar-refractivity contribution in [1.29, 1.82) is 0 Å². The largest absolute Gasteiger partial charge is 0.379 e. The van der Waals surface area contributed by atoms with Gasteiger partial charge in [-0.25, -0.2) is 0 Å². The molecule has 31 heavy (non-hydrogen) atoms. The smallest absolute Gasteiger partial charge is 0.254 e. The van der Waals surface area contributed by atoms with Crippen LogP contribution in [0.1, 0.15) is 15.9 Å². The van der Waals surface area contributed by atoms with E-state index in [1.807, 2.05) is 47.4 Å². The number of fused-ring (bicyclic) bond motifs is 1. The topological polar surface area (TPSA) is 51.8 Å². The number of H-pyrrole nitrogens is 1. The maximum Gasteiger partial charge on any atom is 0.254 e. The summed E-state index contributed by atoms with van der Waals surface area (Å²) in [6.07, 6.45) is 2.05. The molecule has 0 aliphatic carbocycles. The van der Waals surface area contributed by atoms with Crippen molar-refractivity contribution in [2.45, 2.75) is 6.54 Å². The summed E-state index contributed by atoms with van der Waals surface area (Å²) in [7, 11) is 0. The highest BCUT2D eigenvalue weighted by Crippen LogP contribution is 2.26. The molecular formula is C24H27ClN4O2. The minimum absolute atomic E-state index is 0.115. The first-order valence-corrected chi connectivity index (χ1v) is 11.3. The lowest BCUT2D eigenvalue weighted by Gasteiger charge is -2.36. The van der Waals surface area contributed by atoms with Gasteiger partial charge in [0.05, 0.1) is 13.2 Å². The number of piperazine rings is 1. The van der Waals surface area contributed by atoms with Gasteiger partial charge in [-0.15, -0.1) is 0 Å². The number of halogens is 1. The van der Waals surface area contributed by atoms with E-state index in [2.05, 4.69) is 21.0 Å². The number of carbonyl (C=O) groups is 1. The third kappa shape index (κ3) is 4.28. The van der Waals surface area contributed by atoms with Crippen LogP contribution in [0.3, 0.4) is 0 Å². The van der Waals surface area contributed by atoms with Gasteiger partial charge in [0.15, 0.2) is 0 Å². The van der Waals surface area contributed by atoms with Crippen LogP contribution in [0.25, 0.3) is 10.9 Å². The Kier molecular flexibility index (Phi) is 5.85. The fourth-order valence-corrected chi connectivity index (χ4v) is 4.67. The highest BCUT2D eigenvalue weighted by atomic mass is 35.5. The second-order valence-electron chi connectivity index (χ2n) is 8.19. The number of hydrogen-bond donors (Lipinski definition) is 1. The third-order valence-electron chi connectivity index (χ3n) is 6.27. The predicted molar refractivity (Wildman–Crippen MR) is 124 cm³/mol. The maximum atomic E-state index is 13.5. The summed E-state index contributed by atoms with van der Waals surface area (Å²) in [6, 6.07) is 13.9. The van der Waals surface area contributed by atoms with Crippen LogP contribution in [-0.4, -0.2) is 73.2 Å². The number of aromatic amines is 1.